The number of anilines is 1. The van der Waals surface area contributed by atoms with Crippen LogP contribution in [-0.4, -0.2) is 30.3 Å². The van der Waals surface area contributed by atoms with Gasteiger partial charge in [-0.05, 0) is 48.6 Å². The third-order valence-electron chi connectivity index (χ3n) is 4.53. The molecule has 2 aromatic carbocycles. The molecule has 1 atom stereocenters. The second-order valence-electron chi connectivity index (χ2n) is 6.40. The number of benzene rings is 2. The van der Waals surface area contributed by atoms with Gasteiger partial charge in [-0.3, -0.25) is 9.59 Å². The molecule has 0 radical (unpaired) electrons. The lowest BCUT2D eigenvalue weighted by Gasteiger charge is -2.28. The molecule has 0 fully saturated rings. The van der Waals surface area contributed by atoms with E-state index in [2.05, 4.69) is 11.4 Å². The Labute approximate surface area is 146 Å². The highest BCUT2D eigenvalue weighted by atomic mass is 19.1. The summed E-state index contributed by atoms with van der Waals surface area (Å²) in [6, 6.07) is 13.7. The predicted octanol–water partition coefficient (Wildman–Crippen LogP) is 3.34. The zero-order valence-electron chi connectivity index (χ0n) is 14.2. The number of nitrogens with zero attached hydrogens (tertiary/aromatic N) is 1. The third kappa shape index (κ3) is 4.05. The highest BCUT2D eigenvalue weighted by molar-refractivity contribution is 5.95. The smallest absolute Gasteiger partial charge is 0.243 e. The Kier molecular flexibility index (Phi) is 5.12. The van der Waals surface area contributed by atoms with Crippen molar-refractivity contribution in [1.82, 2.24) is 4.90 Å². The predicted molar refractivity (Wildman–Crippen MR) is 94.8 cm³/mol. The largest absolute Gasteiger partial charge is 0.336 e. The molecule has 4 nitrogen and oxygen atoms in total. The van der Waals surface area contributed by atoms with Crippen LogP contribution in [0.2, 0.25) is 0 Å². The fraction of sp³-hybridized carbons (Fsp3) is 0.300. The molecule has 0 heterocycles. The van der Waals surface area contributed by atoms with Crippen molar-refractivity contribution in [3.63, 3.8) is 0 Å². The van der Waals surface area contributed by atoms with E-state index < -0.39 is 5.82 Å². The monoisotopic (exact) mass is 340 g/mol. The molecule has 3 rings (SSSR count). The van der Waals surface area contributed by atoms with Crippen molar-refractivity contribution in [2.75, 3.05) is 18.9 Å². The van der Waals surface area contributed by atoms with E-state index in [0.717, 1.165) is 24.8 Å². The average molecular weight is 340 g/mol. The maximum Gasteiger partial charge on any atom is 0.243 e. The quantitative estimate of drug-likeness (QED) is 0.928. The maximum atomic E-state index is 13.2. The molecule has 1 aliphatic carbocycles. The van der Waals surface area contributed by atoms with Crippen LogP contribution in [0.15, 0.2) is 48.5 Å². The zero-order valence-corrected chi connectivity index (χ0v) is 14.2. The first-order chi connectivity index (χ1) is 12.0. The lowest BCUT2D eigenvalue weighted by molar-refractivity contribution is -0.134. The number of fused-ring (bicyclic) bond motifs is 1. The summed E-state index contributed by atoms with van der Waals surface area (Å²) in [4.78, 5) is 26.4. The van der Waals surface area contributed by atoms with Gasteiger partial charge in [0.05, 0.1) is 12.5 Å². The van der Waals surface area contributed by atoms with Crippen molar-refractivity contribution in [2.45, 2.75) is 25.2 Å². The molecular formula is C20H21FN2O2. The van der Waals surface area contributed by atoms with Crippen LogP contribution in [0.25, 0.3) is 0 Å². The van der Waals surface area contributed by atoms with Gasteiger partial charge in [-0.25, -0.2) is 4.39 Å². The molecule has 0 aliphatic heterocycles. The van der Waals surface area contributed by atoms with E-state index in [1.807, 2.05) is 18.2 Å². The van der Waals surface area contributed by atoms with Gasteiger partial charge in [-0.15, -0.1) is 0 Å². The Bertz CT molecular complexity index is 791. The number of rotatable bonds is 4. The van der Waals surface area contributed by atoms with Gasteiger partial charge in [0.2, 0.25) is 11.8 Å². The molecule has 0 aromatic heterocycles. The van der Waals surface area contributed by atoms with Crippen molar-refractivity contribution in [3.8, 4) is 0 Å². The fourth-order valence-electron chi connectivity index (χ4n) is 3.34. The highest BCUT2D eigenvalue weighted by Gasteiger charge is 2.29. The Balaban J connectivity index is 1.64. The second-order valence-corrected chi connectivity index (χ2v) is 6.40. The molecule has 2 amide bonds. The van der Waals surface area contributed by atoms with Crippen molar-refractivity contribution < 1.29 is 14.0 Å². The van der Waals surface area contributed by atoms with E-state index in [1.54, 1.807) is 13.1 Å². The number of likely N-dealkylation sites (N-methyl/N-ethyl adjacent to an activating group) is 1. The topological polar surface area (TPSA) is 49.4 Å². The number of hydrogen-bond donors (Lipinski definition) is 1. The lowest BCUT2D eigenvalue weighted by Crippen LogP contribution is -2.38. The maximum absolute atomic E-state index is 13.2. The van der Waals surface area contributed by atoms with Crippen LogP contribution in [0.5, 0.6) is 0 Å². The van der Waals surface area contributed by atoms with Crippen LogP contribution in [0, 0.1) is 5.82 Å². The van der Waals surface area contributed by atoms with Gasteiger partial charge < -0.3 is 10.2 Å². The Morgan fingerprint density at radius 2 is 2.00 bits per heavy atom. The van der Waals surface area contributed by atoms with E-state index in [0.29, 0.717) is 5.69 Å². The number of carbonyl (C=O) groups excluding carboxylic acids is 2. The third-order valence-corrected chi connectivity index (χ3v) is 4.53. The van der Waals surface area contributed by atoms with E-state index in [1.165, 1.54) is 28.7 Å². The zero-order chi connectivity index (χ0) is 17.8. The summed E-state index contributed by atoms with van der Waals surface area (Å²) >= 11 is 0. The Hall–Kier alpha value is -2.69. The summed E-state index contributed by atoms with van der Waals surface area (Å²) in [5.74, 6) is -1.01. The van der Waals surface area contributed by atoms with E-state index in [4.69, 9.17) is 0 Å². The molecule has 0 spiro atoms. The minimum absolute atomic E-state index is 0.0541. The molecule has 1 N–H and O–H groups in total. The molecule has 0 saturated heterocycles. The van der Waals surface area contributed by atoms with Gasteiger partial charge in [0.25, 0.3) is 0 Å². The van der Waals surface area contributed by atoms with E-state index in [-0.39, 0.29) is 24.3 Å². The van der Waals surface area contributed by atoms with Gasteiger partial charge in [0.1, 0.15) is 5.82 Å². The summed E-state index contributed by atoms with van der Waals surface area (Å²) in [6.07, 6.45) is 2.76. The van der Waals surface area contributed by atoms with Crippen LogP contribution in [-0.2, 0) is 16.0 Å². The van der Waals surface area contributed by atoms with Crippen LogP contribution in [0.4, 0.5) is 10.1 Å². The van der Waals surface area contributed by atoms with Gasteiger partial charge in [0, 0.05) is 12.7 Å². The van der Waals surface area contributed by atoms with Gasteiger partial charge in [-0.1, -0.05) is 30.3 Å². The summed E-state index contributed by atoms with van der Waals surface area (Å²) in [6.45, 7) is -0.0615. The number of carbonyl (C=O) groups is 2. The van der Waals surface area contributed by atoms with Crippen molar-refractivity contribution in [3.05, 3.63) is 65.5 Å². The molecule has 1 aliphatic rings. The fourth-order valence-corrected chi connectivity index (χ4v) is 3.34. The first-order valence-electron chi connectivity index (χ1n) is 8.43. The number of amides is 2. The van der Waals surface area contributed by atoms with Gasteiger partial charge in [-0.2, -0.15) is 0 Å². The molecule has 2 aromatic rings. The first kappa shape index (κ1) is 17.1. The molecular weight excluding hydrogens is 319 g/mol. The van der Waals surface area contributed by atoms with Gasteiger partial charge in [0.15, 0.2) is 0 Å². The minimum atomic E-state index is -0.416. The molecule has 0 bridgehead atoms. The van der Waals surface area contributed by atoms with E-state index >= 15 is 0 Å². The highest BCUT2D eigenvalue weighted by Crippen LogP contribution is 2.32. The second kappa shape index (κ2) is 7.47. The Morgan fingerprint density at radius 1 is 1.20 bits per heavy atom. The molecule has 25 heavy (non-hydrogen) atoms. The van der Waals surface area contributed by atoms with Crippen LogP contribution in [0.3, 0.4) is 0 Å². The standard InChI is InChI=1S/C20H21FN2O2/c1-23(13-19(24)22-16-9-5-8-15(21)12-16)20(25)18-11-4-7-14-6-2-3-10-17(14)18/h2-3,5-6,8-10,12,18H,4,7,11,13H2,1H3,(H,22,24). The lowest BCUT2D eigenvalue weighted by atomic mass is 9.82. The van der Waals surface area contributed by atoms with Crippen LogP contribution in [0.1, 0.15) is 29.9 Å². The van der Waals surface area contributed by atoms with Crippen molar-refractivity contribution in [2.24, 2.45) is 0 Å². The first-order valence-corrected chi connectivity index (χ1v) is 8.43. The summed E-state index contributed by atoms with van der Waals surface area (Å²) < 4.78 is 13.2. The number of aryl methyl sites for hydroxylation is 1. The molecule has 5 heteroatoms. The molecule has 0 saturated carbocycles. The molecule has 1 unspecified atom stereocenters. The number of nitrogens with one attached hydrogen (secondary N) is 1. The number of halogens is 1. The van der Waals surface area contributed by atoms with Gasteiger partial charge >= 0.3 is 0 Å². The summed E-state index contributed by atoms with van der Waals surface area (Å²) in [5, 5.41) is 2.62. The average Bonchev–Trinajstić information content (AvgIpc) is 2.60. The van der Waals surface area contributed by atoms with Crippen LogP contribution >= 0.6 is 0 Å². The Morgan fingerprint density at radius 3 is 2.80 bits per heavy atom. The van der Waals surface area contributed by atoms with Crippen molar-refractivity contribution >= 4 is 17.5 Å². The van der Waals surface area contributed by atoms with Crippen molar-refractivity contribution in [1.29, 1.82) is 0 Å². The summed E-state index contributed by atoms with van der Waals surface area (Å²) in [5.41, 5.74) is 2.66. The van der Waals surface area contributed by atoms with E-state index in [9.17, 15) is 14.0 Å². The molecule has 130 valence electrons. The summed E-state index contributed by atoms with van der Waals surface area (Å²) in [7, 11) is 1.63. The SMILES string of the molecule is CN(CC(=O)Nc1cccc(F)c1)C(=O)C1CCCc2ccccc21. The minimum Gasteiger partial charge on any atom is -0.336 e. The normalized spacial score (nSPS) is 16.0. The number of hydrogen-bond acceptors (Lipinski definition) is 2. The van der Waals surface area contributed by atoms with Crippen LogP contribution < -0.4 is 5.32 Å².